The van der Waals surface area contributed by atoms with Crippen molar-refractivity contribution in [1.29, 1.82) is 0 Å². The van der Waals surface area contributed by atoms with Crippen molar-refractivity contribution in [2.75, 3.05) is 5.32 Å². The van der Waals surface area contributed by atoms with Crippen molar-refractivity contribution in [3.63, 3.8) is 0 Å². The second-order valence-corrected chi connectivity index (χ2v) is 8.43. The molecule has 0 aromatic heterocycles. The Balaban J connectivity index is 1.74. The first-order valence-electron chi connectivity index (χ1n) is 11.1. The van der Waals surface area contributed by atoms with Gasteiger partial charge in [0, 0.05) is 23.3 Å². The molecule has 0 atom stereocenters. The second-order valence-electron chi connectivity index (χ2n) is 8.00. The van der Waals surface area contributed by atoms with Gasteiger partial charge in [-0.25, -0.2) is 19.0 Å². The Morgan fingerprint density at radius 2 is 1.81 bits per heavy atom. The quantitative estimate of drug-likeness (QED) is 0.237. The van der Waals surface area contributed by atoms with Gasteiger partial charge in [-0.1, -0.05) is 41.9 Å². The summed E-state index contributed by atoms with van der Waals surface area (Å²) >= 11 is 5.93. The standard InChI is InChI=1S/C26H26ClFN4O4/c1-16(2)36-23-12-11-20(13-22(23)28)31-25(29-14-17-7-9-19(27)10-8-17)32-26(35)30-15-18-5-3-4-6-21(18)24(33)34/h3-13,16H,14-15H2,1-2H3,(H,33,34)(H3,29,30,31,32,35). The van der Waals surface area contributed by atoms with Gasteiger partial charge < -0.3 is 20.5 Å². The van der Waals surface area contributed by atoms with Crippen LogP contribution < -0.4 is 20.7 Å². The molecule has 0 aliphatic heterocycles. The second kappa shape index (κ2) is 12.6. The smallest absolute Gasteiger partial charge is 0.336 e. The van der Waals surface area contributed by atoms with E-state index in [0.717, 1.165) is 5.56 Å². The van der Waals surface area contributed by atoms with Crippen LogP contribution in [-0.4, -0.2) is 29.2 Å². The van der Waals surface area contributed by atoms with Crippen molar-refractivity contribution in [2.24, 2.45) is 4.99 Å². The predicted molar refractivity (Wildman–Crippen MR) is 137 cm³/mol. The summed E-state index contributed by atoms with van der Waals surface area (Å²) in [4.78, 5) is 28.4. The molecule has 0 aliphatic carbocycles. The van der Waals surface area contributed by atoms with E-state index in [1.807, 2.05) is 0 Å². The Labute approximate surface area is 213 Å². The lowest BCUT2D eigenvalue weighted by Gasteiger charge is -2.15. The number of nitrogens with zero attached hydrogens (tertiary/aromatic N) is 1. The first-order chi connectivity index (χ1) is 17.2. The fourth-order valence-electron chi connectivity index (χ4n) is 3.15. The predicted octanol–water partition coefficient (Wildman–Crippen LogP) is 5.43. The Morgan fingerprint density at radius 1 is 1.08 bits per heavy atom. The number of aliphatic imine (C=N–C) groups is 1. The minimum atomic E-state index is -1.09. The van der Waals surface area contributed by atoms with Gasteiger partial charge in [0.2, 0.25) is 5.96 Å². The molecule has 0 aliphatic rings. The number of carbonyl (C=O) groups excluding carboxylic acids is 1. The summed E-state index contributed by atoms with van der Waals surface area (Å²) in [6.45, 7) is 3.78. The molecule has 0 fully saturated rings. The molecule has 0 spiro atoms. The molecule has 0 saturated heterocycles. The van der Waals surface area contributed by atoms with Crippen molar-refractivity contribution < 1.29 is 23.8 Å². The number of carboxylic acid groups (broad SMARTS) is 1. The van der Waals surface area contributed by atoms with E-state index in [4.69, 9.17) is 16.3 Å². The monoisotopic (exact) mass is 512 g/mol. The van der Waals surface area contributed by atoms with Crippen LogP contribution in [-0.2, 0) is 13.1 Å². The van der Waals surface area contributed by atoms with Crippen LogP contribution in [0.5, 0.6) is 5.75 Å². The summed E-state index contributed by atoms with van der Waals surface area (Å²) in [7, 11) is 0. The third-order valence-corrected chi connectivity index (χ3v) is 5.06. The van der Waals surface area contributed by atoms with Crippen molar-refractivity contribution >= 4 is 35.2 Å². The number of halogens is 2. The molecule has 0 radical (unpaired) electrons. The minimum absolute atomic E-state index is 0.0192. The van der Waals surface area contributed by atoms with Gasteiger partial charge >= 0.3 is 12.0 Å². The summed E-state index contributed by atoms with van der Waals surface area (Å²) in [5.74, 6) is -1.49. The highest BCUT2D eigenvalue weighted by Gasteiger charge is 2.13. The molecule has 0 saturated carbocycles. The minimum Gasteiger partial charge on any atom is -0.488 e. The van der Waals surface area contributed by atoms with E-state index in [2.05, 4.69) is 20.9 Å². The highest BCUT2D eigenvalue weighted by Crippen LogP contribution is 2.22. The van der Waals surface area contributed by atoms with Crippen LogP contribution >= 0.6 is 11.6 Å². The lowest BCUT2D eigenvalue weighted by Crippen LogP contribution is -2.42. The van der Waals surface area contributed by atoms with Gasteiger partial charge in [0.25, 0.3) is 0 Å². The van der Waals surface area contributed by atoms with E-state index in [-0.39, 0.29) is 36.5 Å². The van der Waals surface area contributed by atoms with Crippen LogP contribution in [0.3, 0.4) is 0 Å². The lowest BCUT2D eigenvalue weighted by atomic mass is 10.1. The number of amides is 2. The highest BCUT2D eigenvalue weighted by molar-refractivity contribution is 6.30. The van der Waals surface area contributed by atoms with Crippen LogP contribution in [0.4, 0.5) is 14.9 Å². The number of aromatic carboxylic acids is 1. The van der Waals surface area contributed by atoms with E-state index >= 15 is 0 Å². The van der Waals surface area contributed by atoms with Crippen molar-refractivity contribution in [1.82, 2.24) is 10.6 Å². The van der Waals surface area contributed by atoms with E-state index < -0.39 is 17.8 Å². The van der Waals surface area contributed by atoms with Gasteiger partial charge in [0.05, 0.1) is 18.2 Å². The summed E-state index contributed by atoms with van der Waals surface area (Å²) < 4.78 is 19.9. The van der Waals surface area contributed by atoms with Crippen LogP contribution in [0.1, 0.15) is 35.3 Å². The number of carboxylic acids is 1. The maximum atomic E-state index is 14.5. The molecule has 0 heterocycles. The molecule has 3 rings (SSSR count). The number of ether oxygens (including phenoxy) is 1. The zero-order valence-electron chi connectivity index (χ0n) is 19.7. The maximum absolute atomic E-state index is 14.5. The average molecular weight is 513 g/mol. The van der Waals surface area contributed by atoms with Gasteiger partial charge in [-0.2, -0.15) is 0 Å². The molecule has 3 aromatic rings. The van der Waals surface area contributed by atoms with E-state index in [1.165, 1.54) is 18.2 Å². The van der Waals surface area contributed by atoms with Crippen LogP contribution in [0, 0.1) is 5.82 Å². The summed E-state index contributed by atoms with van der Waals surface area (Å²) in [5.41, 5.74) is 1.71. The number of benzene rings is 3. The molecule has 2 amide bonds. The van der Waals surface area contributed by atoms with E-state index in [1.54, 1.807) is 62.4 Å². The van der Waals surface area contributed by atoms with Crippen molar-refractivity contribution in [3.05, 3.63) is 94.3 Å². The largest absolute Gasteiger partial charge is 0.488 e. The third-order valence-electron chi connectivity index (χ3n) is 4.81. The Bertz CT molecular complexity index is 1250. The number of guanidine groups is 1. The van der Waals surface area contributed by atoms with Crippen LogP contribution in [0.25, 0.3) is 0 Å². The fourth-order valence-corrected chi connectivity index (χ4v) is 3.27. The molecule has 0 unspecified atom stereocenters. The zero-order valence-corrected chi connectivity index (χ0v) is 20.5. The summed E-state index contributed by atoms with van der Waals surface area (Å²) in [6, 6.07) is 17.1. The van der Waals surface area contributed by atoms with Gasteiger partial charge in [0.15, 0.2) is 11.6 Å². The molecule has 3 aromatic carbocycles. The molecule has 4 N–H and O–H groups in total. The molecule has 10 heteroatoms. The molecule has 0 bridgehead atoms. The van der Waals surface area contributed by atoms with Gasteiger partial charge in [-0.05, 0) is 55.3 Å². The summed E-state index contributed by atoms with van der Waals surface area (Å²) in [5, 5.41) is 18.0. The first-order valence-corrected chi connectivity index (χ1v) is 11.5. The van der Waals surface area contributed by atoms with Crippen LogP contribution in [0.15, 0.2) is 71.7 Å². The normalized spacial score (nSPS) is 11.2. The van der Waals surface area contributed by atoms with Gasteiger partial charge in [-0.3, -0.25) is 5.32 Å². The summed E-state index contributed by atoms with van der Waals surface area (Å²) in [6.07, 6.45) is -0.188. The number of urea groups is 1. The molecule has 8 nitrogen and oxygen atoms in total. The molecular weight excluding hydrogens is 487 g/mol. The number of carbonyl (C=O) groups is 2. The van der Waals surface area contributed by atoms with Crippen LogP contribution in [0.2, 0.25) is 5.02 Å². The Hall–Kier alpha value is -4.11. The third kappa shape index (κ3) is 7.99. The molecule has 188 valence electrons. The average Bonchev–Trinajstić information content (AvgIpc) is 2.84. The Morgan fingerprint density at radius 3 is 2.47 bits per heavy atom. The fraction of sp³-hybridized carbons (Fsp3) is 0.192. The Kier molecular flexibility index (Phi) is 9.24. The SMILES string of the molecule is CC(C)Oc1ccc(NC(=NCc2ccc(Cl)cc2)NC(=O)NCc2ccccc2C(=O)O)cc1F. The topological polar surface area (TPSA) is 112 Å². The van der Waals surface area contributed by atoms with Crippen molar-refractivity contribution in [3.8, 4) is 5.75 Å². The number of hydrogen-bond donors (Lipinski definition) is 4. The highest BCUT2D eigenvalue weighted by atomic mass is 35.5. The first kappa shape index (κ1) is 26.5. The van der Waals surface area contributed by atoms with Gasteiger partial charge in [0.1, 0.15) is 0 Å². The number of anilines is 1. The van der Waals surface area contributed by atoms with E-state index in [9.17, 15) is 19.1 Å². The number of hydrogen-bond acceptors (Lipinski definition) is 4. The lowest BCUT2D eigenvalue weighted by molar-refractivity contribution is 0.0695. The number of rotatable bonds is 8. The number of nitrogens with one attached hydrogen (secondary N) is 3. The van der Waals surface area contributed by atoms with E-state index in [0.29, 0.717) is 16.3 Å². The zero-order chi connectivity index (χ0) is 26.1. The molecule has 36 heavy (non-hydrogen) atoms. The molecular formula is C26H26ClFN4O4. The van der Waals surface area contributed by atoms with Crippen molar-refractivity contribution in [2.45, 2.75) is 33.0 Å². The maximum Gasteiger partial charge on any atom is 0.336 e. The van der Waals surface area contributed by atoms with Gasteiger partial charge in [-0.15, -0.1) is 0 Å².